The van der Waals surface area contributed by atoms with E-state index in [1.807, 2.05) is 26.0 Å². The Morgan fingerprint density at radius 3 is 2.62 bits per heavy atom. The molecule has 0 fully saturated rings. The van der Waals surface area contributed by atoms with Crippen LogP contribution in [0.1, 0.15) is 11.1 Å². The van der Waals surface area contributed by atoms with Crippen molar-refractivity contribution < 1.29 is 9.53 Å². The fourth-order valence-corrected chi connectivity index (χ4v) is 4.63. The molecule has 1 aromatic heterocycles. The molecule has 0 aliphatic carbocycles. The Morgan fingerprint density at radius 2 is 1.85 bits per heavy atom. The van der Waals surface area contributed by atoms with Gasteiger partial charge in [-0.25, -0.2) is 4.98 Å². The van der Waals surface area contributed by atoms with E-state index in [0.29, 0.717) is 43.2 Å². The minimum atomic E-state index is -0.276. The van der Waals surface area contributed by atoms with Gasteiger partial charge in [0.15, 0.2) is 5.16 Å². The number of benzene rings is 3. The van der Waals surface area contributed by atoms with Gasteiger partial charge in [-0.2, -0.15) is 0 Å². The second-order valence-electron chi connectivity index (χ2n) is 7.57. The molecular formula is C25H21Cl2N3O3S. The highest BCUT2D eigenvalue weighted by Gasteiger charge is 2.18. The zero-order chi connectivity index (χ0) is 24.4. The monoisotopic (exact) mass is 513 g/mol. The van der Waals surface area contributed by atoms with Crippen LogP contribution in [0.3, 0.4) is 0 Å². The van der Waals surface area contributed by atoms with Gasteiger partial charge in [-0.05, 0) is 55.3 Å². The number of fused-ring (bicyclic) bond motifs is 1. The number of rotatable bonds is 6. The molecule has 1 N–H and O–H groups in total. The lowest BCUT2D eigenvalue weighted by Crippen LogP contribution is -2.23. The number of carbonyl (C=O) groups is 1. The lowest BCUT2D eigenvalue weighted by atomic mass is 10.2. The first kappa shape index (κ1) is 24.1. The van der Waals surface area contributed by atoms with Crippen molar-refractivity contribution in [2.24, 2.45) is 0 Å². The molecule has 1 amide bonds. The first-order valence-corrected chi connectivity index (χ1v) is 12.1. The third-order valence-corrected chi connectivity index (χ3v) is 7.07. The number of para-hydroxylation sites is 1. The summed E-state index contributed by atoms with van der Waals surface area (Å²) in [7, 11) is 1.51. The molecule has 6 nitrogen and oxygen atoms in total. The maximum Gasteiger partial charge on any atom is 0.266 e. The molecule has 174 valence electrons. The molecule has 0 spiro atoms. The average Bonchev–Trinajstić information content (AvgIpc) is 2.82. The van der Waals surface area contributed by atoms with Gasteiger partial charge in [0, 0.05) is 16.1 Å². The molecular weight excluding hydrogens is 493 g/mol. The maximum absolute atomic E-state index is 13.4. The van der Waals surface area contributed by atoms with E-state index in [-0.39, 0.29) is 17.2 Å². The van der Waals surface area contributed by atoms with Crippen molar-refractivity contribution >= 4 is 57.5 Å². The highest BCUT2D eigenvalue weighted by molar-refractivity contribution is 7.99. The predicted molar refractivity (Wildman–Crippen MR) is 139 cm³/mol. The molecule has 9 heteroatoms. The van der Waals surface area contributed by atoms with Crippen LogP contribution in [0.2, 0.25) is 10.0 Å². The van der Waals surface area contributed by atoms with Gasteiger partial charge in [-0.3, -0.25) is 14.2 Å². The number of hydrogen-bond donors (Lipinski definition) is 1. The number of amides is 1. The predicted octanol–water partition coefficient (Wildman–Crippen LogP) is 6.05. The van der Waals surface area contributed by atoms with Gasteiger partial charge < -0.3 is 10.1 Å². The van der Waals surface area contributed by atoms with Gasteiger partial charge >= 0.3 is 0 Å². The van der Waals surface area contributed by atoms with Crippen LogP contribution >= 0.6 is 35.0 Å². The van der Waals surface area contributed by atoms with Crippen molar-refractivity contribution in [3.8, 4) is 11.4 Å². The number of anilines is 1. The number of methoxy groups -OCH3 is 1. The molecule has 0 radical (unpaired) electrons. The van der Waals surface area contributed by atoms with Gasteiger partial charge in [0.1, 0.15) is 5.75 Å². The molecule has 0 aliphatic heterocycles. The zero-order valence-electron chi connectivity index (χ0n) is 18.7. The van der Waals surface area contributed by atoms with Gasteiger partial charge in [0.25, 0.3) is 5.56 Å². The number of thioether (sulfide) groups is 1. The molecule has 34 heavy (non-hydrogen) atoms. The van der Waals surface area contributed by atoms with Gasteiger partial charge in [0.05, 0.1) is 35.1 Å². The highest BCUT2D eigenvalue weighted by atomic mass is 35.5. The molecule has 4 rings (SSSR count). The topological polar surface area (TPSA) is 73.2 Å². The van der Waals surface area contributed by atoms with E-state index in [2.05, 4.69) is 10.3 Å². The highest BCUT2D eigenvalue weighted by Crippen LogP contribution is 2.31. The van der Waals surface area contributed by atoms with Crippen LogP contribution in [0.4, 0.5) is 5.69 Å². The van der Waals surface area contributed by atoms with E-state index in [0.717, 1.165) is 22.9 Å². The Morgan fingerprint density at radius 1 is 1.09 bits per heavy atom. The number of ether oxygens (including phenoxy) is 1. The van der Waals surface area contributed by atoms with Crippen molar-refractivity contribution in [2.75, 3.05) is 18.2 Å². The number of aromatic nitrogens is 2. The first-order chi connectivity index (χ1) is 16.3. The van der Waals surface area contributed by atoms with Crippen LogP contribution in [-0.4, -0.2) is 28.3 Å². The molecule has 0 aliphatic rings. The van der Waals surface area contributed by atoms with Gasteiger partial charge in [0.2, 0.25) is 5.91 Å². The fourth-order valence-electron chi connectivity index (χ4n) is 3.51. The zero-order valence-corrected chi connectivity index (χ0v) is 21.0. The average molecular weight is 514 g/mol. The van der Waals surface area contributed by atoms with E-state index in [9.17, 15) is 9.59 Å². The summed E-state index contributed by atoms with van der Waals surface area (Å²) in [6.45, 7) is 3.69. The van der Waals surface area contributed by atoms with Crippen molar-refractivity contribution in [1.82, 2.24) is 9.55 Å². The summed E-state index contributed by atoms with van der Waals surface area (Å²) in [6.07, 6.45) is 0. The fraction of sp³-hybridized carbons (Fsp3) is 0.160. The van der Waals surface area contributed by atoms with Gasteiger partial charge in [-0.15, -0.1) is 0 Å². The number of hydrogen-bond acceptors (Lipinski definition) is 5. The Balaban J connectivity index is 1.70. The summed E-state index contributed by atoms with van der Waals surface area (Å²) in [5, 5.41) is 4.81. The van der Waals surface area contributed by atoms with E-state index in [4.69, 9.17) is 27.9 Å². The lowest BCUT2D eigenvalue weighted by molar-refractivity contribution is -0.113. The second kappa shape index (κ2) is 10.1. The van der Waals surface area contributed by atoms with Crippen LogP contribution in [0, 0.1) is 13.8 Å². The smallest absolute Gasteiger partial charge is 0.266 e. The van der Waals surface area contributed by atoms with E-state index < -0.39 is 0 Å². The summed E-state index contributed by atoms with van der Waals surface area (Å²) in [5.74, 6) is 0.209. The molecule has 0 unspecified atom stereocenters. The van der Waals surface area contributed by atoms with Crippen molar-refractivity contribution in [1.29, 1.82) is 0 Å². The maximum atomic E-state index is 13.4. The summed E-state index contributed by atoms with van der Waals surface area (Å²) in [6, 6.07) is 15.9. The molecule has 1 heterocycles. The standard InChI is InChI=1S/C25H21Cl2N3O3S/c1-14-11-20(22(33-3)12-18(14)27)28-23(31)13-34-25-29-19-9-5-4-7-16(19)24(32)30(25)21-10-6-8-17(26)15(21)2/h4-12H,13H2,1-3H3,(H,28,31). The van der Waals surface area contributed by atoms with Crippen LogP contribution in [0.5, 0.6) is 5.75 Å². The molecule has 0 bridgehead atoms. The summed E-state index contributed by atoms with van der Waals surface area (Å²) < 4.78 is 6.84. The van der Waals surface area contributed by atoms with Crippen molar-refractivity contribution in [3.05, 3.63) is 86.1 Å². The van der Waals surface area contributed by atoms with Gasteiger partial charge in [-0.1, -0.05) is 53.2 Å². The first-order valence-electron chi connectivity index (χ1n) is 10.3. The molecule has 0 saturated carbocycles. The Bertz CT molecular complexity index is 1470. The van der Waals surface area contributed by atoms with Crippen LogP contribution in [0.15, 0.2) is 64.5 Å². The Hall–Kier alpha value is -3.00. The molecule has 0 saturated heterocycles. The largest absolute Gasteiger partial charge is 0.495 e. The Kier molecular flexibility index (Phi) is 7.16. The Labute approximate surface area is 210 Å². The van der Waals surface area contributed by atoms with Crippen molar-refractivity contribution in [3.63, 3.8) is 0 Å². The van der Waals surface area contributed by atoms with Crippen LogP contribution in [-0.2, 0) is 4.79 Å². The minimum absolute atomic E-state index is 0.0230. The SMILES string of the molecule is COc1cc(Cl)c(C)cc1NC(=O)CSc1nc2ccccc2c(=O)n1-c1cccc(Cl)c1C. The number of halogens is 2. The molecule has 0 atom stereocenters. The van der Waals surface area contributed by atoms with E-state index >= 15 is 0 Å². The number of carbonyl (C=O) groups excluding carboxylic acids is 1. The summed E-state index contributed by atoms with van der Waals surface area (Å²) in [5.41, 5.74) is 3.02. The normalized spacial score (nSPS) is 11.0. The van der Waals surface area contributed by atoms with E-state index in [1.165, 1.54) is 11.7 Å². The van der Waals surface area contributed by atoms with E-state index in [1.54, 1.807) is 42.5 Å². The number of aryl methyl sites for hydroxylation is 1. The van der Waals surface area contributed by atoms with Crippen LogP contribution in [0.25, 0.3) is 16.6 Å². The summed E-state index contributed by atoms with van der Waals surface area (Å²) in [4.78, 5) is 30.9. The second-order valence-corrected chi connectivity index (χ2v) is 9.33. The van der Waals surface area contributed by atoms with Crippen LogP contribution < -0.4 is 15.6 Å². The third-order valence-electron chi connectivity index (χ3n) is 5.31. The molecule has 4 aromatic rings. The molecule has 3 aromatic carbocycles. The number of nitrogens with zero attached hydrogens (tertiary/aromatic N) is 2. The van der Waals surface area contributed by atoms with Crippen molar-refractivity contribution in [2.45, 2.75) is 19.0 Å². The third kappa shape index (κ3) is 4.78. The lowest BCUT2D eigenvalue weighted by Gasteiger charge is -2.16. The minimum Gasteiger partial charge on any atom is -0.495 e. The summed E-state index contributed by atoms with van der Waals surface area (Å²) >= 11 is 13.6. The number of nitrogens with one attached hydrogen (secondary N) is 1. The quantitative estimate of drug-likeness (QED) is 0.251.